The van der Waals surface area contributed by atoms with Crippen molar-refractivity contribution >= 4 is 17.4 Å². The zero-order valence-corrected chi connectivity index (χ0v) is 10.5. The molecule has 0 bridgehead atoms. The fraction of sp³-hybridized carbons (Fsp3) is 0.231. The van der Waals surface area contributed by atoms with Crippen molar-refractivity contribution in [2.24, 2.45) is 0 Å². The average Bonchev–Trinajstić information content (AvgIpc) is 2.30. The molecule has 4 heteroatoms. The number of nitrogens with one attached hydrogen (secondary N) is 1. The van der Waals surface area contributed by atoms with Gasteiger partial charge in [0.1, 0.15) is 0 Å². The summed E-state index contributed by atoms with van der Waals surface area (Å²) >= 11 is 5.73. The van der Waals surface area contributed by atoms with Crippen LogP contribution in [0.25, 0.3) is 4.85 Å². The van der Waals surface area contributed by atoms with Gasteiger partial charge in [-0.3, -0.25) is 0 Å². The first-order chi connectivity index (χ1) is 8.04. The lowest BCUT2D eigenvalue weighted by atomic mass is 10.1. The predicted octanol–water partition coefficient (Wildman–Crippen LogP) is 3.28. The SMILES string of the molecule is [C-]#[N+]/C(=C\NC(C)C)C(=O)c1ccc(Cl)cc1. The van der Waals surface area contributed by atoms with Gasteiger partial charge in [-0.05, 0) is 26.0 Å². The molecule has 1 aromatic rings. The summed E-state index contributed by atoms with van der Waals surface area (Å²) in [7, 11) is 0. The number of nitrogens with zero attached hydrogens (tertiary/aromatic N) is 1. The Labute approximate surface area is 106 Å². The molecule has 0 saturated heterocycles. The summed E-state index contributed by atoms with van der Waals surface area (Å²) in [4.78, 5) is 15.2. The number of Topliss-reactive ketones (excluding diaryl/α,β-unsaturated/α-hetero) is 1. The van der Waals surface area contributed by atoms with Gasteiger partial charge >= 0.3 is 0 Å². The van der Waals surface area contributed by atoms with Crippen molar-refractivity contribution in [3.8, 4) is 0 Å². The maximum Gasteiger partial charge on any atom is 0.249 e. The van der Waals surface area contributed by atoms with Crippen LogP contribution in [0.4, 0.5) is 0 Å². The summed E-state index contributed by atoms with van der Waals surface area (Å²) in [5.74, 6) is -0.301. The molecule has 3 nitrogen and oxygen atoms in total. The van der Waals surface area contributed by atoms with E-state index < -0.39 is 0 Å². The van der Waals surface area contributed by atoms with Crippen LogP contribution in [-0.4, -0.2) is 11.8 Å². The van der Waals surface area contributed by atoms with Crippen LogP contribution in [0.5, 0.6) is 0 Å². The molecule has 0 aliphatic rings. The molecule has 0 unspecified atom stereocenters. The Morgan fingerprint density at radius 3 is 2.47 bits per heavy atom. The molecule has 1 N–H and O–H groups in total. The normalized spacial score (nSPS) is 11.1. The van der Waals surface area contributed by atoms with Crippen LogP contribution in [0.15, 0.2) is 36.2 Å². The molecule has 0 aliphatic carbocycles. The molecule has 0 heterocycles. The van der Waals surface area contributed by atoms with Crippen molar-refractivity contribution in [3.05, 3.63) is 58.2 Å². The van der Waals surface area contributed by atoms with E-state index in [2.05, 4.69) is 10.2 Å². The van der Waals surface area contributed by atoms with Crippen LogP contribution in [0.3, 0.4) is 0 Å². The summed E-state index contributed by atoms with van der Waals surface area (Å²) < 4.78 is 0. The molecule has 17 heavy (non-hydrogen) atoms. The highest BCUT2D eigenvalue weighted by Gasteiger charge is 2.12. The molecule has 0 atom stereocenters. The van der Waals surface area contributed by atoms with Crippen LogP contribution in [0.2, 0.25) is 5.02 Å². The van der Waals surface area contributed by atoms with E-state index in [-0.39, 0.29) is 17.5 Å². The molecule has 1 aromatic carbocycles. The smallest absolute Gasteiger partial charge is 0.249 e. The average molecular weight is 249 g/mol. The number of ketones is 1. The Morgan fingerprint density at radius 2 is 2.00 bits per heavy atom. The quantitative estimate of drug-likeness (QED) is 0.504. The van der Waals surface area contributed by atoms with E-state index in [0.717, 1.165) is 0 Å². The fourth-order valence-electron chi connectivity index (χ4n) is 1.14. The van der Waals surface area contributed by atoms with E-state index >= 15 is 0 Å². The summed E-state index contributed by atoms with van der Waals surface area (Å²) in [6.45, 7) is 10.9. The minimum atomic E-state index is -0.301. The van der Waals surface area contributed by atoms with Gasteiger partial charge in [-0.1, -0.05) is 23.7 Å². The second-order valence-corrected chi connectivity index (χ2v) is 4.24. The second kappa shape index (κ2) is 6.07. The zero-order valence-electron chi connectivity index (χ0n) is 9.70. The number of hydrogen-bond acceptors (Lipinski definition) is 2. The van der Waals surface area contributed by atoms with Gasteiger partial charge in [0.15, 0.2) is 5.78 Å². The molecule has 0 fully saturated rings. The number of hydrogen-bond donors (Lipinski definition) is 1. The summed E-state index contributed by atoms with van der Waals surface area (Å²) in [5.41, 5.74) is 0.531. The van der Waals surface area contributed by atoms with Crippen molar-refractivity contribution in [1.82, 2.24) is 5.32 Å². The Balaban J connectivity index is 2.91. The van der Waals surface area contributed by atoms with Gasteiger partial charge in [0.2, 0.25) is 5.70 Å². The molecule has 0 aliphatic heterocycles. The van der Waals surface area contributed by atoms with E-state index in [9.17, 15) is 4.79 Å². The Morgan fingerprint density at radius 1 is 1.41 bits per heavy atom. The molecular formula is C13H13ClN2O. The first kappa shape index (κ1) is 13.3. The highest BCUT2D eigenvalue weighted by molar-refractivity contribution is 6.30. The maximum atomic E-state index is 11.9. The van der Waals surface area contributed by atoms with Crippen molar-refractivity contribution in [3.63, 3.8) is 0 Å². The van der Waals surface area contributed by atoms with Crippen molar-refractivity contribution in [2.45, 2.75) is 19.9 Å². The highest BCUT2D eigenvalue weighted by Crippen LogP contribution is 2.13. The van der Waals surface area contributed by atoms with Crippen LogP contribution in [0, 0.1) is 6.57 Å². The van der Waals surface area contributed by atoms with E-state index in [1.165, 1.54) is 6.20 Å². The highest BCUT2D eigenvalue weighted by atomic mass is 35.5. The number of allylic oxidation sites excluding steroid dienone is 1. The fourth-order valence-corrected chi connectivity index (χ4v) is 1.27. The van der Waals surface area contributed by atoms with Gasteiger partial charge in [0.05, 0.1) is 6.57 Å². The van der Waals surface area contributed by atoms with E-state index in [1.807, 2.05) is 13.8 Å². The van der Waals surface area contributed by atoms with Crippen LogP contribution >= 0.6 is 11.6 Å². The number of carbonyl (C=O) groups is 1. The van der Waals surface area contributed by atoms with Gasteiger partial charge in [-0.15, -0.1) is 0 Å². The maximum absolute atomic E-state index is 11.9. The van der Waals surface area contributed by atoms with E-state index in [1.54, 1.807) is 24.3 Å². The number of carbonyl (C=O) groups excluding carboxylic acids is 1. The predicted molar refractivity (Wildman–Crippen MR) is 68.7 cm³/mol. The molecule has 0 amide bonds. The molecule has 88 valence electrons. The molecule has 0 saturated carbocycles. The first-order valence-electron chi connectivity index (χ1n) is 5.18. The van der Waals surface area contributed by atoms with Gasteiger partial charge < -0.3 is 10.1 Å². The van der Waals surface area contributed by atoms with Crippen molar-refractivity contribution < 1.29 is 4.79 Å². The third-order valence-corrected chi connectivity index (χ3v) is 2.26. The summed E-state index contributed by atoms with van der Waals surface area (Å²) in [5, 5.41) is 3.50. The van der Waals surface area contributed by atoms with Crippen molar-refractivity contribution in [2.75, 3.05) is 0 Å². The minimum absolute atomic E-state index is 0.0704. The van der Waals surface area contributed by atoms with Crippen LogP contribution < -0.4 is 5.32 Å². The Hall–Kier alpha value is -1.79. The number of benzene rings is 1. The monoisotopic (exact) mass is 248 g/mol. The van der Waals surface area contributed by atoms with Gasteiger partial charge in [-0.2, -0.15) is 0 Å². The number of rotatable bonds is 4. The lowest BCUT2D eigenvalue weighted by Crippen LogP contribution is -2.17. The Bertz CT molecular complexity index is 469. The summed E-state index contributed by atoms with van der Waals surface area (Å²) in [6, 6.07) is 6.67. The lowest BCUT2D eigenvalue weighted by Gasteiger charge is -2.05. The lowest BCUT2D eigenvalue weighted by molar-refractivity contribution is 0.103. The largest absolute Gasteiger partial charge is 0.398 e. The first-order valence-corrected chi connectivity index (χ1v) is 5.56. The van der Waals surface area contributed by atoms with Gasteiger partial charge in [-0.25, -0.2) is 4.85 Å². The third kappa shape index (κ3) is 3.93. The Kier molecular flexibility index (Phi) is 4.74. The second-order valence-electron chi connectivity index (χ2n) is 3.80. The van der Waals surface area contributed by atoms with Crippen LogP contribution in [0.1, 0.15) is 24.2 Å². The molecule has 0 aromatic heterocycles. The molecule has 0 radical (unpaired) electrons. The molecular weight excluding hydrogens is 236 g/mol. The van der Waals surface area contributed by atoms with E-state index in [4.69, 9.17) is 18.2 Å². The third-order valence-electron chi connectivity index (χ3n) is 2.01. The topological polar surface area (TPSA) is 33.5 Å². The van der Waals surface area contributed by atoms with Crippen LogP contribution in [-0.2, 0) is 0 Å². The zero-order chi connectivity index (χ0) is 12.8. The standard InChI is InChI=1S/C13H13ClN2O/c1-9(2)16-8-12(15-3)13(17)10-4-6-11(14)7-5-10/h4-9,16H,1-2H3/b12-8-. The van der Waals surface area contributed by atoms with Crippen molar-refractivity contribution in [1.29, 1.82) is 0 Å². The van der Waals surface area contributed by atoms with Gasteiger partial charge in [0.25, 0.3) is 0 Å². The molecule has 1 rings (SSSR count). The van der Waals surface area contributed by atoms with E-state index in [0.29, 0.717) is 10.6 Å². The minimum Gasteiger partial charge on any atom is -0.398 e. The number of halogens is 1. The molecule has 0 spiro atoms. The van der Waals surface area contributed by atoms with Gasteiger partial charge in [0, 0.05) is 22.8 Å². The summed E-state index contributed by atoms with van der Waals surface area (Å²) in [6.07, 6.45) is 1.45.